The number of hydrogen-bond donors (Lipinski definition) is 0. The van der Waals surface area contributed by atoms with Crippen LogP contribution < -0.4 is 0 Å². The average Bonchev–Trinajstić information content (AvgIpc) is 3.98. The highest BCUT2D eigenvalue weighted by Gasteiger charge is 2.18. The molecule has 9 rings (SSSR count). The molecule has 2 aliphatic heterocycles. The van der Waals surface area contributed by atoms with E-state index in [0.29, 0.717) is 0 Å². The summed E-state index contributed by atoms with van der Waals surface area (Å²) in [6.07, 6.45) is 6.41. The Bertz CT molecular complexity index is 2180. The van der Waals surface area contributed by atoms with Crippen molar-refractivity contribution in [3.63, 3.8) is 0 Å². The van der Waals surface area contributed by atoms with Crippen molar-refractivity contribution in [3.8, 4) is 44.5 Å². The minimum absolute atomic E-state index is 0.966. The minimum Gasteiger partial charge on any atom is -0.256 e. The van der Waals surface area contributed by atoms with Crippen molar-refractivity contribution in [2.45, 2.75) is 0 Å². The van der Waals surface area contributed by atoms with Crippen molar-refractivity contribution in [3.05, 3.63) is 169 Å². The van der Waals surface area contributed by atoms with Gasteiger partial charge in [-0.05, 0) is 64.7 Å². The monoisotopic (exact) mass is 648 g/mol. The van der Waals surface area contributed by atoms with Gasteiger partial charge in [0, 0.05) is 52.8 Å². The summed E-state index contributed by atoms with van der Waals surface area (Å²) >= 11 is 3.60. The van der Waals surface area contributed by atoms with Crippen molar-refractivity contribution in [2.24, 2.45) is 4.99 Å². The van der Waals surface area contributed by atoms with E-state index in [1.54, 1.807) is 11.3 Å². The Labute approximate surface area is 287 Å². The molecule has 3 aromatic heterocycles. The predicted molar refractivity (Wildman–Crippen MR) is 208 cm³/mol. The standard InChI is InChI=1S/C44H28N2S2/c1-5-13-29(14-6-1)41-33-27-36(45-28-33)44(32-19-11-4-12-20-32)40-26-25-39(48-40)43(31-17-9-3-10-18-31)35-22-21-34(46-35)42(30-15-7-2-8-16-30)38-24-23-37(41)47-38/h1-28H. The van der Waals surface area contributed by atoms with E-state index >= 15 is 0 Å². The van der Waals surface area contributed by atoms with Crippen molar-refractivity contribution >= 4 is 65.5 Å². The molecule has 8 bridgehead atoms. The normalized spacial score (nSPS) is 12.0. The first kappa shape index (κ1) is 28.5. The zero-order chi connectivity index (χ0) is 31.9. The van der Waals surface area contributed by atoms with Crippen LogP contribution in [-0.4, -0.2) is 11.2 Å². The third-order valence-electron chi connectivity index (χ3n) is 8.78. The number of aromatic nitrogens is 1. The van der Waals surface area contributed by atoms with Crippen LogP contribution in [-0.2, 0) is 0 Å². The Morgan fingerprint density at radius 2 is 0.750 bits per heavy atom. The van der Waals surface area contributed by atoms with E-state index in [2.05, 4.69) is 164 Å². The Morgan fingerprint density at radius 3 is 1.21 bits per heavy atom. The highest BCUT2D eigenvalue weighted by molar-refractivity contribution is 7.24. The molecule has 2 nitrogen and oxygen atoms in total. The molecule has 0 saturated carbocycles. The first-order valence-corrected chi connectivity index (χ1v) is 17.6. The lowest BCUT2D eigenvalue weighted by molar-refractivity contribution is 1.33. The Kier molecular flexibility index (Phi) is 7.23. The fraction of sp³-hybridized carbons (Fsp3) is 0. The zero-order valence-corrected chi connectivity index (χ0v) is 27.5. The summed E-state index contributed by atoms with van der Waals surface area (Å²) < 4.78 is 4.71. The third-order valence-corrected chi connectivity index (χ3v) is 11.0. The van der Waals surface area contributed by atoms with Crippen LogP contribution in [0.2, 0.25) is 0 Å². The van der Waals surface area contributed by atoms with E-state index in [1.165, 1.54) is 29.9 Å². The summed E-state index contributed by atoms with van der Waals surface area (Å²) in [6.45, 7) is 0. The van der Waals surface area contributed by atoms with Gasteiger partial charge in [0.05, 0.1) is 17.1 Å². The maximum atomic E-state index is 5.40. The second-order valence-corrected chi connectivity index (χ2v) is 13.9. The molecule has 2 aliphatic rings. The molecule has 0 saturated heterocycles. The van der Waals surface area contributed by atoms with Gasteiger partial charge in [-0.3, -0.25) is 4.99 Å². The molecule has 48 heavy (non-hydrogen) atoms. The molecule has 7 aromatic rings. The van der Waals surface area contributed by atoms with Crippen LogP contribution in [0, 0.1) is 0 Å². The maximum absolute atomic E-state index is 5.40. The molecule has 0 fully saturated rings. The number of benzene rings is 4. The van der Waals surface area contributed by atoms with Crippen LogP contribution in [0.25, 0.3) is 75.5 Å². The van der Waals surface area contributed by atoms with Crippen molar-refractivity contribution in [2.75, 3.05) is 0 Å². The Morgan fingerprint density at radius 1 is 0.375 bits per heavy atom. The van der Waals surface area contributed by atoms with Crippen LogP contribution in [0.4, 0.5) is 5.69 Å². The molecule has 226 valence electrons. The molecule has 5 heterocycles. The molecule has 0 amide bonds. The fourth-order valence-electron chi connectivity index (χ4n) is 6.61. The van der Waals surface area contributed by atoms with Gasteiger partial charge < -0.3 is 0 Å². The SMILES string of the molecule is C1=Cc2nc1c(-c1ccccc1)c1ccc(s1)c(-c1ccccc1)c1cc(c(-c3ccccc3)c3ccc(s3)c2-c2ccccc2)N=C1. The average molecular weight is 649 g/mol. The quantitative estimate of drug-likeness (QED) is 0.186. The molecule has 4 aromatic carbocycles. The summed E-state index contributed by atoms with van der Waals surface area (Å²) in [5.41, 5.74) is 13.2. The van der Waals surface area contributed by atoms with E-state index < -0.39 is 0 Å². The van der Waals surface area contributed by atoms with Gasteiger partial charge in [-0.15, -0.1) is 22.7 Å². The molecular formula is C44H28N2S2. The fourth-order valence-corrected chi connectivity index (χ4v) is 8.94. The van der Waals surface area contributed by atoms with Gasteiger partial charge in [0.1, 0.15) is 0 Å². The van der Waals surface area contributed by atoms with Crippen molar-refractivity contribution in [1.82, 2.24) is 4.98 Å². The predicted octanol–water partition coefficient (Wildman–Crippen LogP) is 13.0. The van der Waals surface area contributed by atoms with E-state index in [0.717, 1.165) is 56.0 Å². The number of aliphatic imine (C=N–C) groups is 1. The highest BCUT2D eigenvalue weighted by Crippen LogP contribution is 2.44. The first-order chi connectivity index (χ1) is 23.8. The molecule has 4 heteroatoms. The van der Waals surface area contributed by atoms with Gasteiger partial charge in [-0.2, -0.15) is 0 Å². The molecular weight excluding hydrogens is 621 g/mol. The van der Waals surface area contributed by atoms with Gasteiger partial charge in [0.25, 0.3) is 0 Å². The minimum atomic E-state index is 0.966. The number of thiophene rings is 2. The van der Waals surface area contributed by atoms with E-state index in [4.69, 9.17) is 9.98 Å². The number of nitrogens with zero attached hydrogens (tertiary/aromatic N) is 2. The number of rotatable bonds is 4. The lowest BCUT2D eigenvalue weighted by atomic mass is 10.0. The van der Waals surface area contributed by atoms with Gasteiger partial charge >= 0.3 is 0 Å². The van der Waals surface area contributed by atoms with Gasteiger partial charge in [0.2, 0.25) is 0 Å². The molecule has 0 spiro atoms. The highest BCUT2D eigenvalue weighted by atomic mass is 32.1. The summed E-state index contributed by atoms with van der Waals surface area (Å²) in [6, 6.07) is 53.9. The van der Waals surface area contributed by atoms with Crippen molar-refractivity contribution in [1.29, 1.82) is 0 Å². The zero-order valence-electron chi connectivity index (χ0n) is 25.9. The smallest absolute Gasteiger partial charge is 0.0730 e. The largest absolute Gasteiger partial charge is 0.256 e. The first-order valence-electron chi connectivity index (χ1n) is 16.0. The maximum Gasteiger partial charge on any atom is 0.0730 e. The van der Waals surface area contributed by atoms with E-state index in [9.17, 15) is 0 Å². The second-order valence-electron chi connectivity index (χ2n) is 11.8. The molecule has 0 aliphatic carbocycles. The van der Waals surface area contributed by atoms with Crippen LogP contribution in [0.15, 0.2) is 157 Å². The van der Waals surface area contributed by atoms with E-state index in [-0.39, 0.29) is 0 Å². The Balaban J connectivity index is 1.49. The lowest BCUT2D eigenvalue weighted by Gasteiger charge is -2.06. The van der Waals surface area contributed by atoms with Crippen LogP contribution >= 0.6 is 22.7 Å². The molecule has 0 atom stereocenters. The summed E-state index contributed by atoms with van der Waals surface area (Å²) in [5, 5.41) is 0. The summed E-state index contributed by atoms with van der Waals surface area (Å²) in [5.74, 6) is 0. The molecule has 0 radical (unpaired) electrons. The van der Waals surface area contributed by atoms with Crippen molar-refractivity contribution < 1.29 is 0 Å². The van der Waals surface area contributed by atoms with E-state index in [1.807, 2.05) is 17.6 Å². The number of fused-ring (bicyclic) bond motifs is 8. The third kappa shape index (κ3) is 5.12. The van der Waals surface area contributed by atoms with Crippen LogP contribution in [0.3, 0.4) is 0 Å². The van der Waals surface area contributed by atoms with Crippen LogP contribution in [0.1, 0.15) is 17.0 Å². The van der Waals surface area contributed by atoms with Gasteiger partial charge in [-0.1, -0.05) is 121 Å². The lowest BCUT2D eigenvalue weighted by Crippen LogP contribution is -1.85. The summed E-state index contributed by atoms with van der Waals surface area (Å²) in [7, 11) is 0. The van der Waals surface area contributed by atoms with Gasteiger partial charge in [0.15, 0.2) is 0 Å². The molecule has 0 N–H and O–H groups in total. The molecule has 0 unspecified atom stereocenters. The Hall–Kier alpha value is -5.68. The summed E-state index contributed by atoms with van der Waals surface area (Å²) in [4.78, 5) is 10.5. The van der Waals surface area contributed by atoms with Crippen LogP contribution in [0.5, 0.6) is 0 Å². The van der Waals surface area contributed by atoms with Gasteiger partial charge in [-0.25, -0.2) is 4.98 Å². The number of hydrogen-bond acceptors (Lipinski definition) is 4. The second kappa shape index (κ2) is 12.2. The topological polar surface area (TPSA) is 25.2 Å².